The number of benzene rings is 2. The smallest absolute Gasteiger partial charge is 0.235 e. The molecule has 0 saturated heterocycles. The van der Waals surface area contributed by atoms with Crippen molar-refractivity contribution in [1.29, 1.82) is 0 Å². The second-order valence-electron chi connectivity index (χ2n) is 5.57. The summed E-state index contributed by atoms with van der Waals surface area (Å²) in [5, 5.41) is 20.3. The number of nitrogens with one attached hydrogen (secondary N) is 1. The SMILES string of the molecule is Cc1ccc2c(/C=C3\Oc4cc(O)cc(O)c4C3=O)c[nH]c2c1. The number of allylic oxidation sites excluding steroid dienone is 1. The van der Waals surface area contributed by atoms with Crippen LogP contribution in [0.2, 0.25) is 0 Å². The molecule has 0 unspecified atom stereocenters. The molecule has 2 heterocycles. The van der Waals surface area contributed by atoms with Crippen LogP contribution in [0.5, 0.6) is 17.2 Å². The number of ether oxygens (including phenoxy) is 1. The number of aromatic hydroxyl groups is 2. The second kappa shape index (κ2) is 4.64. The van der Waals surface area contributed by atoms with Crippen LogP contribution in [0, 0.1) is 6.92 Å². The molecule has 5 nitrogen and oxygen atoms in total. The molecule has 0 amide bonds. The summed E-state index contributed by atoms with van der Waals surface area (Å²) in [6, 6.07) is 8.43. The van der Waals surface area contributed by atoms with Crippen molar-refractivity contribution >= 4 is 22.8 Å². The molecule has 2 aromatic carbocycles. The minimum Gasteiger partial charge on any atom is -0.508 e. The van der Waals surface area contributed by atoms with Crippen LogP contribution in [-0.4, -0.2) is 21.0 Å². The molecule has 4 rings (SSSR count). The van der Waals surface area contributed by atoms with Crippen LogP contribution < -0.4 is 4.74 Å². The van der Waals surface area contributed by atoms with E-state index in [0.717, 1.165) is 28.1 Å². The lowest BCUT2D eigenvalue weighted by molar-refractivity contribution is 0.101. The van der Waals surface area contributed by atoms with Gasteiger partial charge in [-0.05, 0) is 24.6 Å². The topological polar surface area (TPSA) is 82.5 Å². The Balaban J connectivity index is 1.81. The van der Waals surface area contributed by atoms with Gasteiger partial charge < -0.3 is 19.9 Å². The minimum atomic E-state index is -0.404. The van der Waals surface area contributed by atoms with E-state index in [0.29, 0.717) is 0 Å². The number of aromatic amines is 1. The van der Waals surface area contributed by atoms with Crippen LogP contribution in [-0.2, 0) is 0 Å². The predicted molar refractivity (Wildman–Crippen MR) is 85.7 cm³/mol. The van der Waals surface area contributed by atoms with E-state index < -0.39 is 5.78 Å². The summed E-state index contributed by atoms with van der Waals surface area (Å²) in [7, 11) is 0. The number of hydrogen-bond acceptors (Lipinski definition) is 4. The summed E-state index contributed by atoms with van der Waals surface area (Å²) in [5.41, 5.74) is 3.00. The molecule has 1 aromatic heterocycles. The second-order valence-corrected chi connectivity index (χ2v) is 5.57. The van der Waals surface area contributed by atoms with Gasteiger partial charge in [0.05, 0.1) is 0 Å². The molecular weight excluding hydrogens is 294 g/mol. The summed E-state index contributed by atoms with van der Waals surface area (Å²) in [6.45, 7) is 2.01. The molecule has 3 aromatic rings. The Kier molecular flexibility index (Phi) is 2.72. The van der Waals surface area contributed by atoms with Gasteiger partial charge in [-0.1, -0.05) is 12.1 Å². The first kappa shape index (κ1) is 13.5. The van der Waals surface area contributed by atoms with Crippen LogP contribution in [0.3, 0.4) is 0 Å². The van der Waals surface area contributed by atoms with E-state index in [-0.39, 0.29) is 28.6 Å². The van der Waals surface area contributed by atoms with E-state index in [4.69, 9.17) is 4.74 Å². The zero-order valence-electron chi connectivity index (χ0n) is 12.3. The maximum absolute atomic E-state index is 12.4. The number of rotatable bonds is 1. The van der Waals surface area contributed by atoms with Crippen LogP contribution in [0.15, 0.2) is 42.3 Å². The quantitative estimate of drug-likeness (QED) is 0.601. The molecular formula is C18H13NO4. The van der Waals surface area contributed by atoms with Gasteiger partial charge in [-0.2, -0.15) is 0 Å². The number of ketones is 1. The number of hydrogen-bond donors (Lipinski definition) is 3. The van der Waals surface area contributed by atoms with E-state index >= 15 is 0 Å². The summed E-state index contributed by atoms with van der Waals surface area (Å²) in [6.07, 6.45) is 3.43. The molecule has 1 aliphatic heterocycles. The molecule has 3 N–H and O–H groups in total. The lowest BCUT2D eigenvalue weighted by atomic mass is 10.1. The lowest BCUT2D eigenvalue weighted by Crippen LogP contribution is -1.98. The average molecular weight is 307 g/mol. The number of aromatic nitrogens is 1. The van der Waals surface area contributed by atoms with Crippen LogP contribution in [0.1, 0.15) is 21.5 Å². The number of H-pyrrole nitrogens is 1. The van der Waals surface area contributed by atoms with E-state index in [9.17, 15) is 15.0 Å². The number of carbonyl (C=O) groups excluding carboxylic acids is 1. The van der Waals surface area contributed by atoms with Gasteiger partial charge in [0.1, 0.15) is 22.8 Å². The van der Waals surface area contributed by atoms with Gasteiger partial charge in [0.25, 0.3) is 0 Å². The first-order valence-corrected chi connectivity index (χ1v) is 7.11. The summed E-state index contributed by atoms with van der Waals surface area (Å²) >= 11 is 0. The molecule has 0 atom stereocenters. The fraction of sp³-hybridized carbons (Fsp3) is 0.0556. The average Bonchev–Trinajstić information content (AvgIpc) is 3.01. The van der Waals surface area contributed by atoms with Crippen molar-refractivity contribution in [2.24, 2.45) is 0 Å². The number of fused-ring (bicyclic) bond motifs is 2. The van der Waals surface area contributed by atoms with Crippen molar-refractivity contribution in [3.63, 3.8) is 0 Å². The zero-order valence-corrected chi connectivity index (χ0v) is 12.3. The summed E-state index contributed by atoms with van der Waals surface area (Å²) in [4.78, 5) is 15.6. The third kappa shape index (κ3) is 2.05. The molecule has 0 aliphatic carbocycles. The normalized spacial score (nSPS) is 15.2. The molecule has 0 fully saturated rings. The predicted octanol–water partition coefficient (Wildman–Crippen LogP) is 3.50. The number of carbonyl (C=O) groups is 1. The van der Waals surface area contributed by atoms with Crippen molar-refractivity contribution in [2.75, 3.05) is 0 Å². The van der Waals surface area contributed by atoms with E-state index in [1.165, 1.54) is 6.07 Å². The summed E-state index contributed by atoms with van der Waals surface area (Å²) in [5.74, 6) is -0.573. The van der Waals surface area contributed by atoms with Crippen LogP contribution >= 0.6 is 0 Å². The number of aryl methyl sites for hydroxylation is 1. The van der Waals surface area contributed by atoms with Gasteiger partial charge in [-0.25, -0.2) is 0 Å². The van der Waals surface area contributed by atoms with Crippen LogP contribution in [0.4, 0.5) is 0 Å². The van der Waals surface area contributed by atoms with Crippen molar-refractivity contribution in [3.05, 3.63) is 59.0 Å². The van der Waals surface area contributed by atoms with Crippen molar-refractivity contribution < 1.29 is 19.7 Å². The molecule has 0 spiro atoms. The Labute approximate surface area is 131 Å². The Morgan fingerprint density at radius 1 is 1.17 bits per heavy atom. The standard InChI is InChI=1S/C18H13NO4/c1-9-2-3-12-10(8-19-13(12)4-9)5-16-18(22)17-14(21)6-11(20)7-15(17)23-16/h2-8,19-21H,1H3/b16-5-. The highest BCUT2D eigenvalue weighted by atomic mass is 16.5. The van der Waals surface area contributed by atoms with Crippen LogP contribution in [0.25, 0.3) is 17.0 Å². The van der Waals surface area contributed by atoms with Gasteiger partial charge in [-0.15, -0.1) is 0 Å². The first-order valence-electron chi connectivity index (χ1n) is 7.11. The molecule has 0 bridgehead atoms. The minimum absolute atomic E-state index is 0.0738. The third-order valence-corrected chi connectivity index (χ3v) is 3.89. The van der Waals surface area contributed by atoms with Crippen molar-refractivity contribution in [2.45, 2.75) is 6.92 Å². The highest BCUT2D eigenvalue weighted by Gasteiger charge is 2.31. The fourth-order valence-electron chi connectivity index (χ4n) is 2.80. The molecule has 5 heteroatoms. The highest BCUT2D eigenvalue weighted by Crippen LogP contribution is 2.40. The van der Waals surface area contributed by atoms with Crippen molar-refractivity contribution in [1.82, 2.24) is 4.98 Å². The number of phenols is 2. The van der Waals surface area contributed by atoms with E-state index in [1.807, 2.05) is 25.1 Å². The molecule has 114 valence electrons. The Morgan fingerprint density at radius 3 is 2.83 bits per heavy atom. The highest BCUT2D eigenvalue weighted by molar-refractivity contribution is 6.16. The van der Waals surface area contributed by atoms with Gasteiger partial charge >= 0.3 is 0 Å². The molecule has 0 saturated carbocycles. The van der Waals surface area contributed by atoms with E-state index in [2.05, 4.69) is 4.98 Å². The monoisotopic (exact) mass is 307 g/mol. The Hall–Kier alpha value is -3.21. The zero-order chi connectivity index (χ0) is 16.1. The molecule has 23 heavy (non-hydrogen) atoms. The van der Waals surface area contributed by atoms with Gasteiger partial charge in [0, 0.05) is 34.8 Å². The fourth-order valence-corrected chi connectivity index (χ4v) is 2.80. The lowest BCUT2D eigenvalue weighted by Gasteiger charge is -2.00. The molecule has 1 aliphatic rings. The largest absolute Gasteiger partial charge is 0.508 e. The molecule has 0 radical (unpaired) electrons. The number of phenolic OH excluding ortho intramolecular Hbond substituents is 2. The Morgan fingerprint density at radius 2 is 2.00 bits per heavy atom. The van der Waals surface area contributed by atoms with Crippen molar-refractivity contribution in [3.8, 4) is 17.2 Å². The van der Waals surface area contributed by atoms with E-state index in [1.54, 1.807) is 12.3 Å². The first-order chi connectivity index (χ1) is 11.0. The maximum Gasteiger partial charge on any atom is 0.235 e. The Bertz CT molecular complexity index is 998. The van der Waals surface area contributed by atoms with Gasteiger partial charge in [-0.3, -0.25) is 4.79 Å². The van der Waals surface area contributed by atoms with Gasteiger partial charge in [0.2, 0.25) is 5.78 Å². The maximum atomic E-state index is 12.4. The summed E-state index contributed by atoms with van der Waals surface area (Å²) < 4.78 is 5.50. The number of Topliss-reactive ketones (excluding diaryl/α,β-unsaturated/α-hetero) is 1. The third-order valence-electron chi connectivity index (χ3n) is 3.89. The van der Waals surface area contributed by atoms with Gasteiger partial charge in [0.15, 0.2) is 5.76 Å².